The summed E-state index contributed by atoms with van der Waals surface area (Å²) in [7, 11) is 0. The highest BCUT2D eigenvalue weighted by atomic mass is 16.5. The van der Waals surface area contributed by atoms with Gasteiger partial charge >= 0.3 is 0 Å². The maximum absolute atomic E-state index is 5.57. The molecule has 10 heavy (non-hydrogen) atoms. The van der Waals surface area contributed by atoms with Gasteiger partial charge in [-0.25, -0.2) is 0 Å². The van der Waals surface area contributed by atoms with Crippen LogP contribution in [0.3, 0.4) is 0 Å². The quantitative estimate of drug-likeness (QED) is 0.643. The molecule has 0 radical (unpaired) electrons. The second-order valence-corrected chi connectivity index (χ2v) is 2.92. The summed E-state index contributed by atoms with van der Waals surface area (Å²) in [4.78, 5) is 0. The van der Waals surface area contributed by atoms with Gasteiger partial charge in [-0.1, -0.05) is 6.42 Å². The third-order valence-corrected chi connectivity index (χ3v) is 2.27. The first-order chi connectivity index (χ1) is 4.88. The zero-order valence-electron chi connectivity index (χ0n) is 6.68. The SMILES string of the molecule is CCOC1CCCC1CN. The zero-order valence-corrected chi connectivity index (χ0v) is 6.68. The van der Waals surface area contributed by atoms with Gasteiger partial charge in [-0.15, -0.1) is 0 Å². The van der Waals surface area contributed by atoms with Gasteiger partial charge in [-0.2, -0.15) is 0 Å². The van der Waals surface area contributed by atoms with Crippen molar-refractivity contribution in [2.75, 3.05) is 13.2 Å². The second-order valence-electron chi connectivity index (χ2n) is 2.92. The Bertz CT molecular complexity index is 95.3. The number of nitrogens with two attached hydrogens (primary N) is 1. The van der Waals surface area contributed by atoms with Gasteiger partial charge in [0.1, 0.15) is 0 Å². The molecule has 1 aliphatic carbocycles. The van der Waals surface area contributed by atoms with E-state index in [9.17, 15) is 0 Å². The first-order valence-electron chi connectivity index (χ1n) is 4.20. The van der Waals surface area contributed by atoms with Crippen LogP contribution in [0.5, 0.6) is 0 Å². The molecule has 1 aliphatic rings. The van der Waals surface area contributed by atoms with Gasteiger partial charge in [-0.3, -0.25) is 0 Å². The fraction of sp³-hybridized carbons (Fsp3) is 1.00. The average Bonchev–Trinajstić information content (AvgIpc) is 2.36. The summed E-state index contributed by atoms with van der Waals surface area (Å²) in [5.41, 5.74) is 5.57. The number of ether oxygens (including phenoxy) is 1. The molecule has 0 heterocycles. The normalized spacial score (nSPS) is 33.0. The Labute approximate surface area is 62.7 Å². The molecule has 0 aliphatic heterocycles. The zero-order chi connectivity index (χ0) is 7.40. The summed E-state index contributed by atoms with van der Waals surface area (Å²) >= 11 is 0. The minimum Gasteiger partial charge on any atom is -0.378 e. The second kappa shape index (κ2) is 3.94. The molecule has 0 aromatic heterocycles. The van der Waals surface area contributed by atoms with E-state index < -0.39 is 0 Å². The van der Waals surface area contributed by atoms with Gasteiger partial charge in [-0.05, 0) is 32.2 Å². The van der Waals surface area contributed by atoms with Crippen molar-refractivity contribution in [3.05, 3.63) is 0 Å². The van der Waals surface area contributed by atoms with E-state index in [-0.39, 0.29) is 0 Å². The average molecular weight is 143 g/mol. The Kier molecular flexibility index (Phi) is 3.16. The summed E-state index contributed by atoms with van der Waals surface area (Å²) in [6.07, 6.45) is 4.25. The van der Waals surface area contributed by atoms with E-state index >= 15 is 0 Å². The summed E-state index contributed by atoms with van der Waals surface area (Å²) in [6.45, 7) is 3.68. The molecule has 2 nitrogen and oxygen atoms in total. The van der Waals surface area contributed by atoms with E-state index in [2.05, 4.69) is 0 Å². The third kappa shape index (κ3) is 1.70. The molecule has 1 rings (SSSR count). The van der Waals surface area contributed by atoms with Gasteiger partial charge < -0.3 is 10.5 Å². The van der Waals surface area contributed by atoms with Crippen molar-refractivity contribution >= 4 is 0 Å². The van der Waals surface area contributed by atoms with Crippen molar-refractivity contribution in [3.8, 4) is 0 Å². The highest BCUT2D eigenvalue weighted by Gasteiger charge is 2.25. The fourth-order valence-corrected chi connectivity index (χ4v) is 1.71. The fourth-order valence-electron chi connectivity index (χ4n) is 1.71. The van der Waals surface area contributed by atoms with Crippen LogP contribution in [0.15, 0.2) is 0 Å². The third-order valence-electron chi connectivity index (χ3n) is 2.27. The molecule has 0 bridgehead atoms. The maximum atomic E-state index is 5.57. The van der Waals surface area contributed by atoms with Crippen molar-refractivity contribution in [1.29, 1.82) is 0 Å². The van der Waals surface area contributed by atoms with E-state index in [1.54, 1.807) is 0 Å². The monoisotopic (exact) mass is 143 g/mol. The lowest BCUT2D eigenvalue weighted by Crippen LogP contribution is -2.25. The van der Waals surface area contributed by atoms with Crippen LogP contribution in [-0.4, -0.2) is 19.3 Å². The standard InChI is InChI=1S/C8H17NO/c1-2-10-8-5-3-4-7(8)6-9/h7-8H,2-6,9H2,1H3. The molecule has 0 aromatic carbocycles. The van der Waals surface area contributed by atoms with Gasteiger partial charge in [0.2, 0.25) is 0 Å². The molecule has 1 saturated carbocycles. The lowest BCUT2D eigenvalue weighted by atomic mass is 10.1. The maximum Gasteiger partial charge on any atom is 0.0615 e. The Hall–Kier alpha value is -0.0800. The minimum absolute atomic E-state index is 0.468. The summed E-state index contributed by atoms with van der Waals surface area (Å²) < 4.78 is 5.53. The highest BCUT2D eigenvalue weighted by molar-refractivity contribution is 4.78. The minimum atomic E-state index is 0.468. The lowest BCUT2D eigenvalue weighted by molar-refractivity contribution is 0.0388. The topological polar surface area (TPSA) is 35.2 Å². The molecule has 60 valence electrons. The van der Waals surface area contributed by atoms with Crippen LogP contribution in [0.2, 0.25) is 0 Å². The van der Waals surface area contributed by atoms with Crippen molar-refractivity contribution < 1.29 is 4.74 Å². The van der Waals surface area contributed by atoms with Gasteiger partial charge in [0, 0.05) is 6.61 Å². The largest absolute Gasteiger partial charge is 0.378 e. The van der Waals surface area contributed by atoms with Gasteiger partial charge in [0.05, 0.1) is 6.10 Å². The molecule has 0 spiro atoms. The van der Waals surface area contributed by atoms with E-state index in [4.69, 9.17) is 10.5 Å². The van der Waals surface area contributed by atoms with Crippen LogP contribution in [0, 0.1) is 5.92 Å². The predicted octanol–water partition coefficient (Wildman–Crippen LogP) is 1.15. The molecule has 0 aromatic rings. The number of hydrogen-bond donors (Lipinski definition) is 1. The highest BCUT2D eigenvalue weighted by Crippen LogP contribution is 2.26. The van der Waals surface area contributed by atoms with E-state index in [1.807, 2.05) is 6.92 Å². The molecule has 1 fully saturated rings. The van der Waals surface area contributed by atoms with Crippen molar-refractivity contribution in [2.45, 2.75) is 32.3 Å². The smallest absolute Gasteiger partial charge is 0.0615 e. The van der Waals surface area contributed by atoms with Crippen LogP contribution in [-0.2, 0) is 4.74 Å². The molecule has 0 saturated heterocycles. The van der Waals surface area contributed by atoms with Crippen LogP contribution in [0.4, 0.5) is 0 Å². The molecule has 2 N–H and O–H groups in total. The van der Waals surface area contributed by atoms with Crippen molar-refractivity contribution in [1.82, 2.24) is 0 Å². The summed E-state index contributed by atoms with van der Waals surface area (Å²) in [5.74, 6) is 0.639. The Morgan fingerprint density at radius 3 is 2.90 bits per heavy atom. The van der Waals surface area contributed by atoms with Crippen LogP contribution < -0.4 is 5.73 Å². The molecular weight excluding hydrogens is 126 g/mol. The van der Waals surface area contributed by atoms with Crippen LogP contribution in [0.1, 0.15) is 26.2 Å². The van der Waals surface area contributed by atoms with Gasteiger partial charge in [0.15, 0.2) is 0 Å². The molecular formula is C8H17NO. The number of rotatable bonds is 3. The molecule has 2 unspecified atom stereocenters. The van der Waals surface area contributed by atoms with E-state index in [1.165, 1.54) is 19.3 Å². The van der Waals surface area contributed by atoms with E-state index in [0.717, 1.165) is 13.2 Å². The van der Waals surface area contributed by atoms with Crippen molar-refractivity contribution in [2.24, 2.45) is 11.7 Å². The van der Waals surface area contributed by atoms with Gasteiger partial charge in [0.25, 0.3) is 0 Å². The first-order valence-corrected chi connectivity index (χ1v) is 4.20. The molecule has 0 amide bonds. The van der Waals surface area contributed by atoms with E-state index in [0.29, 0.717) is 12.0 Å². The van der Waals surface area contributed by atoms with Crippen molar-refractivity contribution in [3.63, 3.8) is 0 Å². The Morgan fingerprint density at radius 2 is 2.30 bits per heavy atom. The van der Waals surface area contributed by atoms with Crippen LogP contribution in [0.25, 0.3) is 0 Å². The molecule has 2 heteroatoms. The summed E-state index contributed by atoms with van der Waals surface area (Å²) in [6, 6.07) is 0. The Balaban J connectivity index is 2.27. The first kappa shape index (κ1) is 8.02. The summed E-state index contributed by atoms with van der Waals surface area (Å²) in [5, 5.41) is 0. The molecule has 2 atom stereocenters. The lowest BCUT2D eigenvalue weighted by Gasteiger charge is -2.16. The predicted molar refractivity (Wildman–Crippen MR) is 41.8 cm³/mol. The van der Waals surface area contributed by atoms with Crippen LogP contribution >= 0.6 is 0 Å². The number of hydrogen-bond acceptors (Lipinski definition) is 2. The Morgan fingerprint density at radius 1 is 1.50 bits per heavy atom.